The summed E-state index contributed by atoms with van der Waals surface area (Å²) in [5.74, 6) is -0.153. The van der Waals surface area contributed by atoms with Crippen LogP contribution in [0.1, 0.15) is 33.1 Å². The van der Waals surface area contributed by atoms with Crippen molar-refractivity contribution >= 4 is 5.97 Å². The molecule has 1 heterocycles. The largest absolute Gasteiger partial charge is 0.463 e. The zero-order valence-electron chi connectivity index (χ0n) is 10.3. The van der Waals surface area contributed by atoms with E-state index in [-0.39, 0.29) is 23.9 Å². The first kappa shape index (κ1) is 13.5. The second-order valence-electron chi connectivity index (χ2n) is 4.70. The van der Waals surface area contributed by atoms with Gasteiger partial charge in [0.15, 0.2) is 0 Å². The fraction of sp³-hybridized carbons (Fsp3) is 0.917. The Labute approximate surface area is 97.5 Å². The van der Waals surface area contributed by atoms with Crippen molar-refractivity contribution in [1.82, 2.24) is 0 Å². The topological polar surface area (TPSA) is 61.6 Å². The normalized spacial score (nSPS) is 23.1. The molecule has 4 nitrogen and oxygen atoms in total. The molecule has 2 unspecified atom stereocenters. The highest BCUT2D eigenvalue weighted by molar-refractivity contribution is 5.73. The van der Waals surface area contributed by atoms with Gasteiger partial charge in [0.25, 0.3) is 0 Å². The highest BCUT2D eigenvalue weighted by Gasteiger charge is 2.23. The van der Waals surface area contributed by atoms with E-state index in [0.29, 0.717) is 13.2 Å². The van der Waals surface area contributed by atoms with Crippen molar-refractivity contribution in [2.75, 3.05) is 19.8 Å². The number of carbonyl (C=O) groups excluding carboxylic acids is 1. The van der Waals surface area contributed by atoms with Gasteiger partial charge in [0, 0.05) is 13.2 Å². The quantitative estimate of drug-likeness (QED) is 0.722. The van der Waals surface area contributed by atoms with Crippen LogP contribution >= 0.6 is 0 Å². The number of carbonyl (C=O) groups is 1. The number of rotatable bonds is 5. The van der Waals surface area contributed by atoms with Crippen molar-refractivity contribution in [1.29, 1.82) is 0 Å². The number of nitrogens with two attached hydrogens (primary N) is 1. The molecule has 1 aliphatic heterocycles. The summed E-state index contributed by atoms with van der Waals surface area (Å²) in [5.41, 5.74) is 5.55. The molecule has 0 aromatic carbocycles. The molecule has 94 valence electrons. The van der Waals surface area contributed by atoms with E-state index in [4.69, 9.17) is 15.2 Å². The van der Waals surface area contributed by atoms with Gasteiger partial charge in [0.2, 0.25) is 0 Å². The van der Waals surface area contributed by atoms with E-state index in [9.17, 15) is 4.79 Å². The van der Waals surface area contributed by atoms with Crippen LogP contribution in [0.25, 0.3) is 0 Å². The third-order valence-electron chi connectivity index (χ3n) is 3.05. The maximum atomic E-state index is 11.7. The minimum Gasteiger partial charge on any atom is -0.463 e. The highest BCUT2D eigenvalue weighted by Crippen LogP contribution is 2.15. The summed E-state index contributed by atoms with van der Waals surface area (Å²) < 4.78 is 10.7. The first-order chi connectivity index (χ1) is 7.65. The van der Waals surface area contributed by atoms with Gasteiger partial charge in [-0.25, -0.2) is 0 Å². The van der Waals surface area contributed by atoms with E-state index in [1.54, 1.807) is 0 Å². The van der Waals surface area contributed by atoms with Gasteiger partial charge in [-0.05, 0) is 25.2 Å². The van der Waals surface area contributed by atoms with Crippen molar-refractivity contribution < 1.29 is 14.3 Å². The van der Waals surface area contributed by atoms with Crippen LogP contribution in [0.5, 0.6) is 0 Å². The molecule has 0 radical (unpaired) electrons. The summed E-state index contributed by atoms with van der Waals surface area (Å²) in [6.07, 6.45) is 3.35. The van der Waals surface area contributed by atoms with Gasteiger partial charge in [0.1, 0.15) is 6.61 Å². The Balaban J connectivity index is 2.27. The molecule has 0 saturated carbocycles. The third-order valence-corrected chi connectivity index (χ3v) is 3.05. The summed E-state index contributed by atoms with van der Waals surface area (Å²) in [6, 6.07) is 0. The lowest BCUT2D eigenvalue weighted by molar-refractivity contribution is -0.155. The summed E-state index contributed by atoms with van der Waals surface area (Å²) in [4.78, 5) is 11.7. The van der Waals surface area contributed by atoms with Crippen LogP contribution in [0.4, 0.5) is 0 Å². The van der Waals surface area contributed by atoms with E-state index in [1.807, 2.05) is 13.8 Å². The zero-order valence-corrected chi connectivity index (χ0v) is 10.3. The molecule has 0 aromatic rings. The first-order valence-electron chi connectivity index (χ1n) is 6.13. The number of esters is 1. The Kier molecular flexibility index (Phi) is 5.77. The predicted molar refractivity (Wildman–Crippen MR) is 61.9 cm³/mol. The van der Waals surface area contributed by atoms with Crippen LogP contribution < -0.4 is 5.73 Å². The van der Waals surface area contributed by atoms with Crippen molar-refractivity contribution in [2.45, 2.75) is 39.2 Å². The van der Waals surface area contributed by atoms with Crippen LogP contribution in [-0.2, 0) is 14.3 Å². The second-order valence-corrected chi connectivity index (χ2v) is 4.70. The van der Waals surface area contributed by atoms with Gasteiger partial charge in [-0.3, -0.25) is 4.79 Å². The minimum atomic E-state index is -0.191. The van der Waals surface area contributed by atoms with Crippen LogP contribution in [-0.4, -0.2) is 31.8 Å². The molecule has 4 heteroatoms. The fourth-order valence-electron chi connectivity index (χ4n) is 1.86. The van der Waals surface area contributed by atoms with E-state index >= 15 is 0 Å². The summed E-state index contributed by atoms with van der Waals surface area (Å²) in [6.45, 7) is 5.47. The maximum Gasteiger partial charge on any atom is 0.310 e. The summed E-state index contributed by atoms with van der Waals surface area (Å²) >= 11 is 0. The monoisotopic (exact) mass is 229 g/mol. The number of ether oxygens (including phenoxy) is 2. The van der Waals surface area contributed by atoms with Crippen molar-refractivity contribution in [2.24, 2.45) is 17.6 Å². The predicted octanol–water partition coefficient (Wildman–Crippen LogP) is 1.33. The van der Waals surface area contributed by atoms with E-state index in [2.05, 4.69) is 0 Å². The summed E-state index contributed by atoms with van der Waals surface area (Å²) in [5, 5.41) is 0. The fourth-order valence-corrected chi connectivity index (χ4v) is 1.86. The molecule has 1 rings (SSSR count). The second kappa shape index (κ2) is 6.86. The minimum absolute atomic E-state index is 0.0864. The van der Waals surface area contributed by atoms with Crippen molar-refractivity contribution in [3.63, 3.8) is 0 Å². The molecule has 16 heavy (non-hydrogen) atoms. The highest BCUT2D eigenvalue weighted by atomic mass is 16.6. The molecule has 0 amide bonds. The lowest BCUT2D eigenvalue weighted by atomic mass is 9.96. The van der Waals surface area contributed by atoms with E-state index in [0.717, 1.165) is 25.9 Å². The van der Waals surface area contributed by atoms with Gasteiger partial charge < -0.3 is 15.2 Å². The average molecular weight is 229 g/mol. The number of hydrogen-bond acceptors (Lipinski definition) is 4. The Hall–Kier alpha value is -0.610. The lowest BCUT2D eigenvalue weighted by Crippen LogP contribution is -2.33. The Morgan fingerprint density at radius 1 is 1.50 bits per heavy atom. The van der Waals surface area contributed by atoms with Gasteiger partial charge in [-0.1, -0.05) is 13.8 Å². The molecule has 0 spiro atoms. The molecule has 0 aliphatic carbocycles. The Morgan fingerprint density at radius 3 is 2.75 bits per heavy atom. The molecular formula is C12H23NO3. The molecular weight excluding hydrogens is 206 g/mol. The molecule has 0 aromatic heterocycles. The van der Waals surface area contributed by atoms with Gasteiger partial charge in [0.05, 0.1) is 12.0 Å². The standard InChI is InChI=1S/C12H23NO3/c1-9(2)11(7-13)12(14)16-8-10-5-3-4-6-15-10/h9-11H,3-8,13H2,1-2H3. The first-order valence-corrected chi connectivity index (χ1v) is 6.13. The van der Waals surface area contributed by atoms with Crippen molar-refractivity contribution in [3.8, 4) is 0 Å². The van der Waals surface area contributed by atoms with E-state index < -0.39 is 0 Å². The third kappa shape index (κ3) is 4.10. The molecule has 0 bridgehead atoms. The van der Waals surface area contributed by atoms with Gasteiger partial charge in [-0.15, -0.1) is 0 Å². The van der Waals surface area contributed by atoms with E-state index in [1.165, 1.54) is 0 Å². The lowest BCUT2D eigenvalue weighted by Gasteiger charge is -2.24. The summed E-state index contributed by atoms with van der Waals surface area (Å²) in [7, 11) is 0. The van der Waals surface area contributed by atoms with Crippen LogP contribution in [0.2, 0.25) is 0 Å². The maximum absolute atomic E-state index is 11.7. The van der Waals surface area contributed by atoms with Crippen LogP contribution in [0.15, 0.2) is 0 Å². The van der Waals surface area contributed by atoms with Crippen LogP contribution in [0, 0.1) is 11.8 Å². The smallest absolute Gasteiger partial charge is 0.310 e. The zero-order chi connectivity index (χ0) is 12.0. The molecule has 1 fully saturated rings. The van der Waals surface area contributed by atoms with Gasteiger partial charge in [-0.2, -0.15) is 0 Å². The SMILES string of the molecule is CC(C)C(CN)C(=O)OCC1CCCCO1. The van der Waals surface area contributed by atoms with Gasteiger partial charge >= 0.3 is 5.97 Å². The number of hydrogen-bond donors (Lipinski definition) is 1. The molecule has 1 aliphatic rings. The Bertz CT molecular complexity index is 212. The molecule has 2 atom stereocenters. The molecule has 2 N–H and O–H groups in total. The average Bonchev–Trinajstić information content (AvgIpc) is 2.28. The van der Waals surface area contributed by atoms with Crippen molar-refractivity contribution in [3.05, 3.63) is 0 Å². The molecule has 1 saturated heterocycles. The van der Waals surface area contributed by atoms with Crippen LogP contribution in [0.3, 0.4) is 0 Å². The Morgan fingerprint density at radius 2 is 2.25 bits per heavy atom.